The van der Waals surface area contributed by atoms with E-state index in [0.29, 0.717) is 6.54 Å². The first-order valence-electron chi connectivity index (χ1n) is 8.80. The first-order valence-corrected chi connectivity index (χ1v) is 8.80. The van der Waals surface area contributed by atoms with Crippen molar-refractivity contribution in [3.05, 3.63) is 96.1 Å². The molecule has 0 spiro atoms. The maximum Gasteiger partial charge on any atom is 0.252 e. The quantitative estimate of drug-likeness (QED) is 0.433. The summed E-state index contributed by atoms with van der Waals surface area (Å²) in [7, 11) is 0. The molecule has 0 aliphatic rings. The van der Waals surface area contributed by atoms with E-state index in [9.17, 15) is 4.79 Å². The molecule has 2 nitrogen and oxygen atoms in total. The predicted molar refractivity (Wildman–Crippen MR) is 108 cm³/mol. The second kappa shape index (κ2) is 5.85. The fraction of sp³-hybridized carbons (Fsp3) is 0.0417. The third kappa shape index (κ3) is 2.31. The molecule has 0 saturated carbocycles. The lowest BCUT2D eigenvalue weighted by atomic mass is 9.92. The average molecular weight is 335 g/mol. The number of hydrogen-bond donors (Lipinski definition) is 1. The molecule has 0 bridgehead atoms. The van der Waals surface area contributed by atoms with Crippen molar-refractivity contribution in [1.82, 2.24) is 5.32 Å². The predicted octanol–water partition coefficient (Wildman–Crippen LogP) is 5.51. The standard InChI is InChI=1S/C24H17NO/c26-24(25-15-16-5-2-1-3-6-16)21-14-12-19-10-9-17-7-4-8-18-11-13-20(21)23(19)22(17)18/h1-14H,15H2,(H,25,26). The first-order chi connectivity index (χ1) is 12.8. The van der Waals surface area contributed by atoms with E-state index in [-0.39, 0.29) is 5.91 Å². The number of rotatable bonds is 3. The summed E-state index contributed by atoms with van der Waals surface area (Å²) in [6, 6.07) is 28.8. The molecule has 0 aliphatic heterocycles. The molecular weight excluding hydrogens is 318 g/mol. The van der Waals surface area contributed by atoms with Gasteiger partial charge in [-0.2, -0.15) is 0 Å². The molecule has 124 valence electrons. The number of nitrogens with one attached hydrogen (secondary N) is 1. The van der Waals surface area contributed by atoms with E-state index >= 15 is 0 Å². The highest BCUT2D eigenvalue weighted by Crippen LogP contribution is 2.35. The molecule has 0 atom stereocenters. The smallest absolute Gasteiger partial charge is 0.252 e. The summed E-state index contributed by atoms with van der Waals surface area (Å²) in [4.78, 5) is 12.9. The van der Waals surface area contributed by atoms with Crippen LogP contribution in [0.3, 0.4) is 0 Å². The van der Waals surface area contributed by atoms with E-state index in [0.717, 1.165) is 16.5 Å². The van der Waals surface area contributed by atoms with Crippen molar-refractivity contribution in [1.29, 1.82) is 0 Å². The summed E-state index contributed by atoms with van der Waals surface area (Å²) in [5.41, 5.74) is 1.82. The van der Waals surface area contributed by atoms with Crippen molar-refractivity contribution in [2.75, 3.05) is 0 Å². The van der Waals surface area contributed by atoms with Crippen LogP contribution in [0.1, 0.15) is 15.9 Å². The highest BCUT2D eigenvalue weighted by atomic mass is 16.1. The van der Waals surface area contributed by atoms with E-state index in [1.54, 1.807) is 0 Å². The molecule has 0 aliphatic carbocycles. The van der Waals surface area contributed by atoms with Gasteiger partial charge in [-0.25, -0.2) is 0 Å². The van der Waals surface area contributed by atoms with Crippen LogP contribution in [-0.2, 0) is 6.54 Å². The van der Waals surface area contributed by atoms with Crippen molar-refractivity contribution >= 4 is 38.2 Å². The van der Waals surface area contributed by atoms with Gasteiger partial charge in [0.15, 0.2) is 0 Å². The number of amides is 1. The van der Waals surface area contributed by atoms with Crippen molar-refractivity contribution in [2.45, 2.75) is 6.54 Å². The van der Waals surface area contributed by atoms with Crippen LogP contribution in [0.15, 0.2) is 84.9 Å². The van der Waals surface area contributed by atoms with Gasteiger partial charge in [-0.05, 0) is 43.9 Å². The molecule has 0 fully saturated rings. The summed E-state index contributed by atoms with van der Waals surface area (Å²) in [5, 5.41) is 10.1. The summed E-state index contributed by atoms with van der Waals surface area (Å²) >= 11 is 0. The molecule has 0 heterocycles. The van der Waals surface area contributed by atoms with Crippen molar-refractivity contribution in [2.24, 2.45) is 0 Å². The Balaban J connectivity index is 1.62. The van der Waals surface area contributed by atoms with Crippen molar-refractivity contribution in [3.63, 3.8) is 0 Å². The van der Waals surface area contributed by atoms with E-state index in [1.807, 2.05) is 42.5 Å². The molecule has 26 heavy (non-hydrogen) atoms. The largest absolute Gasteiger partial charge is 0.348 e. The summed E-state index contributed by atoms with van der Waals surface area (Å²) in [5.74, 6) is -0.0354. The van der Waals surface area contributed by atoms with Gasteiger partial charge in [0.2, 0.25) is 0 Å². The molecule has 0 unspecified atom stereocenters. The molecule has 0 radical (unpaired) electrons. The molecule has 2 heteroatoms. The van der Waals surface area contributed by atoms with Gasteiger partial charge in [0.05, 0.1) is 0 Å². The van der Waals surface area contributed by atoms with Crippen LogP contribution in [0, 0.1) is 0 Å². The minimum absolute atomic E-state index is 0.0354. The Morgan fingerprint density at radius 3 is 2.08 bits per heavy atom. The third-order valence-corrected chi connectivity index (χ3v) is 5.07. The van der Waals surface area contributed by atoms with Gasteiger partial charge in [0, 0.05) is 12.1 Å². The molecule has 5 rings (SSSR count). The zero-order valence-electron chi connectivity index (χ0n) is 14.2. The normalized spacial score (nSPS) is 11.4. The number of hydrogen-bond acceptors (Lipinski definition) is 1. The van der Waals surface area contributed by atoms with E-state index in [1.165, 1.54) is 26.9 Å². The van der Waals surface area contributed by atoms with E-state index < -0.39 is 0 Å². The Kier molecular flexibility index (Phi) is 3.36. The Bertz CT molecular complexity index is 1230. The van der Waals surface area contributed by atoms with Crippen molar-refractivity contribution in [3.8, 4) is 0 Å². The van der Waals surface area contributed by atoms with Gasteiger partial charge in [0.25, 0.3) is 5.91 Å². The molecular formula is C24H17NO. The van der Waals surface area contributed by atoms with Crippen LogP contribution in [0.25, 0.3) is 32.3 Å². The van der Waals surface area contributed by atoms with Gasteiger partial charge in [0.1, 0.15) is 0 Å². The molecule has 1 N–H and O–H groups in total. The highest BCUT2D eigenvalue weighted by Gasteiger charge is 2.14. The first kappa shape index (κ1) is 14.9. The summed E-state index contributed by atoms with van der Waals surface area (Å²) in [6.07, 6.45) is 0. The monoisotopic (exact) mass is 335 g/mol. The minimum Gasteiger partial charge on any atom is -0.348 e. The van der Waals surface area contributed by atoms with Gasteiger partial charge in [-0.3, -0.25) is 4.79 Å². The zero-order chi connectivity index (χ0) is 17.5. The molecule has 5 aromatic carbocycles. The maximum absolute atomic E-state index is 12.9. The van der Waals surface area contributed by atoms with Crippen LogP contribution in [-0.4, -0.2) is 5.91 Å². The topological polar surface area (TPSA) is 29.1 Å². The van der Waals surface area contributed by atoms with Crippen LogP contribution in [0.2, 0.25) is 0 Å². The molecule has 0 saturated heterocycles. The summed E-state index contributed by atoms with van der Waals surface area (Å²) < 4.78 is 0. The Labute approximate surface area is 151 Å². The van der Waals surface area contributed by atoms with Gasteiger partial charge in [-0.1, -0.05) is 78.9 Å². The third-order valence-electron chi connectivity index (χ3n) is 5.07. The van der Waals surface area contributed by atoms with Crippen LogP contribution < -0.4 is 5.32 Å². The lowest BCUT2D eigenvalue weighted by Crippen LogP contribution is -2.23. The minimum atomic E-state index is -0.0354. The molecule has 1 amide bonds. The molecule has 0 aromatic heterocycles. The summed E-state index contributed by atoms with van der Waals surface area (Å²) in [6.45, 7) is 0.529. The van der Waals surface area contributed by atoms with E-state index in [4.69, 9.17) is 0 Å². The fourth-order valence-electron chi connectivity index (χ4n) is 3.81. The van der Waals surface area contributed by atoms with E-state index in [2.05, 4.69) is 47.8 Å². The Morgan fingerprint density at radius 1 is 0.654 bits per heavy atom. The maximum atomic E-state index is 12.9. The highest BCUT2D eigenvalue weighted by molar-refractivity contribution is 6.26. The van der Waals surface area contributed by atoms with Gasteiger partial charge < -0.3 is 5.32 Å². The number of benzene rings is 5. The SMILES string of the molecule is O=C(NCc1ccccc1)c1ccc2ccc3cccc4ccc1c2c34. The fourth-order valence-corrected chi connectivity index (χ4v) is 3.81. The second-order valence-corrected chi connectivity index (χ2v) is 6.64. The Morgan fingerprint density at radius 2 is 1.31 bits per heavy atom. The number of carbonyl (C=O) groups excluding carboxylic acids is 1. The molecule has 5 aromatic rings. The average Bonchev–Trinajstić information content (AvgIpc) is 2.71. The van der Waals surface area contributed by atoms with Gasteiger partial charge >= 0.3 is 0 Å². The lowest BCUT2D eigenvalue weighted by molar-refractivity contribution is 0.0952. The van der Waals surface area contributed by atoms with Crippen LogP contribution in [0.5, 0.6) is 0 Å². The van der Waals surface area contributed by atoms with Crippen molar-refractivity contribution < 1.29 is 4.79 Å². The van der Waals surface area contributed by atoms with Crippen LogP contribution >= 0.6 is 0 Å². The Hall–Kier alpha value is -3.39. The van der Waals surface area contributed by atoms with Gasteiger partial charge in [-0.15, -0.1) is 0 Å². The zero-order valence-corrected chi connectivity index (χ0v) is 14.2. The number of carbonyl (C=O) groups is 1. The lowest BCUT2D eigenvalue weighted by Gasteiger charge is -2.14. The van der Waals surface area contributed by atoms with Crippen LogP contribution in [0.4, 0.5) is 0 Å². The second-order valence-electron chi connectivity index (χ2n) is 6.64.